The third kappa shape index (κ3) is 2.73. The van der Waals surface area contributed by atoms with Crippen LogP contribution in [0.5, 0.6) is 0 Å². The maximum Gasteiger partial charge on any atom is 0.140 e. The second-order valence-corrected chi connectivity index (χ2v) is 10.1. The van der Waals surface area contributed by atoms with Gasteiger partial charge < -0.3 is 14.3 Å². The van der Waals surface area contributed by atoms with Crippen LogP contribution in [0.4, 0.5) is 11.4 Å². The van der Waals surface area contributed by atoms with Crippen molar-refractivity contribution in [2.75, 3.05) is 56.6 Å². The lowest BCUT2D eigenvalue weighted by Crippen LogP contribution is -2.60. The zero-order chi connectivity index (χ0) is 19.6. The van der Waals surface area contributed by atoms with E-state index in [9.17, 15) is 0 Å². The van der Waals surface area contributed by atoms with Crippen LogP contribution in [0.3, 0.4) is 0 Å². The van der Waals surface area contributed by atoms with Crippen LogP contribution in [0.15, 0.2) is 36.4 Å². The highest BCUT2D eigenvalue weighted by molar-refractivity contribution is 5.61. The van der Waals surface area contributed by atoms with E-state index in [-0.39, 0.29) is 0 Å². The number of fused-ring (bicyclic) bond motifs is 5. The smallest absolute Gasteiger partial charge is 0.140 e. The molecular formula is C26H34N3+. The monoisotopic (exact) mass is 388 g/mol. The Bertz CT molecular complexity index is 866. The maximum atomic E-state index is 2.57. The summed E-state index contributed by atoms with van der Waals surface area (Å²) in [5, 5.41) is 0. The molecular weight excluding hydrogens is 354 g/mol. The van der Waals surface area contributed by atoms with Gasteiger partial charge in [-0.3, -0.25) is 0 Å². The third-order valence-electron chi connectivity index (χ3n) is 8.59. The predicted octanol–water partition coefficient (Wildman–Crippen LogP) is 4.39. The number of rotatable bonds is 3. The van der Waals surface area contributed by atoms with Crippen LogP contribution in [0.2, 0.25) is 0 Å². The first kappa shape index (κ1) is 17.8. The molecule has 152 valence electrons. The van der Waals surface area contributed by atoms with E-state index in [2.05, 4.69) is 60.3 Å². The van der Waals surface area contributed by atoms with Crippen molar-refractivity contribution < 1.29 is 4.48 Å². The van der Waals surface area contributed by atoms with Crippen molar-refractivity contribution in [2.45, 2.75) is 38.1 Å². The molecule has 5 aliphatic rings. The molecule has 5 heterocycles. The van der Waals surface area contributed by atoms with E-state index in [0.717, 1.165) is 19.0 Å². The summed E-state index contributed by atoms with van der Waals surface area (Å²) in [4.78, 5) is 4.83. The number of anilines is 2. The molecule has 0 amide bonds. The average Bonchev–Trinajstić information content (AvgIpc) is 3.32. The summed E-state index contributed by atoms with van der Waals surface area (Å²) in [5.74, 6) is 0.998. The van der Waals surface area contributed by atoms with Crippen molar-refractivity contribution in [3.05, 3.63) is 58.7 Å². The summed E-state index contributed by atoms with van der Waals surface area (Å²) in [5.41, 5.74) is 9.12. The van der Waals surface area contributed by atoms with Gasteiger partial charge in [0.25, 0.3) is 0 Å². The predicted molar refractivity (Wildman–Crippen MR) is 121 cm³/mol. The van der Waals surface area contributed by atoms with Gasteiger partial charge in [-0.25, -0.2) is 0 Å². The topological polar surface area (TPSA) is 6.48 Å². The molecule has 7 rings (SSSR count). The van der Waals surface area contributed by atoms with Crippen LogP contribution in [-0.2, 0) is 12.8 Å². The Kier molecular flexibility index (Phi) is 4.00. The zero-order valence-electron chi connectivity index (χ0n) is 18.0. The molecule has 0 saturated carbocycles. The van der Waals surface area contributed by atoms with E-state index < -0.39 is 0 Å². The highest BCUT2D eigenvalue weighted by Gasteiger charge is 2.46. The van der Waals surface area contributed by atoms with Crippen molar-refractivity contribution in [3.8, 4) is 0 Å². The van der Waals surface area contributed by atoms with Gasteiger partial charge in [-0.2, -0.15) is 0 Å². The first-order valence-electron chi connectivity index (χ1n) is 11.7. The van der Waals surface area contributed by atoms with Gasteiger partial charge in [0.2, 0.25) is 0 Å². The molecule has 3 heteroatoms. The second kappa shape index (κ2) is 6.50. The number of benzene rings is 2. The number of nitrogens with zero attached hydrogens (tertiary/aromatic N) is 3. The third-order valence-corrected chi connectivity index (χ3v) is 8.59. The van der Waals surface area contributed by atoms with Crippen molar-refractivity contribution in [1.29, 1.82) is 0 Å². The van der Waals surface area contributed by atoms with Crippen molar-refractivity contribution in [3.63, 3.8) is 0 Å². The largest absolute Gasteiger partial charge is 0.374 e. The van der Waals surface area contributed by atoms with Gasteiger partial charge in [0.15, 0.2) is 0 Å². The van der Waals surface area contributed by atoms with E-state index in [0.29, 0.717) is 6.04 Å². The molecule has 0 aliphatic carbocycles. The standard InChI is InChI=1S/C26H34N3/c1-27-12-7-20-17-22(3-5-24(20)27)26(29-14-9-19(10-15-29)11-16-29)23-4-6-25-21(18-23)8-13-28(25)2/h3-6,17-19,26H,7-16H2,1-2H3/q+1. The first-order chi connectivity index (χ1) is 14.1. The highest BCUT2D eigenvalue weighted by Crippen LogP contribution is 2.46. The minimum atomic E-state index is 0.503. The molecule has 0 radical (unpaired) electrons. The number of hydrogen-bond donors (Lipinski definition) is 0. The quantitative estimate of drug-likeness (QED) is 0.720. The van der Waals surface area contributed by atoms with Crippen LogP contribution in [0.1, 0.15) is 47.6 Å². The minimum Gasteiger partial charge on any atom is -0.374 e. The molecule has 29 heavy (non-hydrogen) atoms. The zero-order valence-corrected chi connectivity index (χ0v) is 18.0. The number of piperidine rings is 3. The lowest BCUT2D eigenvalue weighted by molar-refractivity contribution is -0.965. The molecule has 2 aromatic carbocycles. The molecule has 0 aromatic heterocycles. The summed E-state index contributed by atoms with van der Waals surface area (Å²) in [7, 11) is 4.47. The minimum absolute atomic E-state index is 0.503. The lowest BCUT2D eigenvalue weighted by Gasteiger charge is -2.53. The van der Waals surface area contributed by atoms with Crippen molar-refractivity contribution in [1.82, 2.24) is 0 Å². The van der Waals surface area contributed by atoms with Gasteiger partial charge in [0.1, 0.15) is 6.04 Å². The second-order valence-electron chi connectivity index (χ2n) is 10.1. The maximum absolute atomic E-state index is 2.57. The fourth-order valence-corrected chi connectivity index (χ4v) is 6.81. The van der Waals surface area contributed by atoms with Gasteiger partial charge in [-0.05, 0) is 73.4 Å². The molecule has 5 aliphatic heterocycles. The normalized spacial score (nSPS) is 27.6. The van der Waals surface area contributed by atoms with E-state index in [1.807, 2.05) is 0 Å². The van der Waals surface area contributed by atoms with Crippen molar-refractivity contribution in [2.24, 2.45) is 5.92 Å². The highest BCUT2D eigenvalue weighted by atomic mass is 15.4. The van der Waals surface area contributed by atoms with Crippen LogP contribution >= 0.6 is 0 Å². The summed E-state index contributed by atoms with van der Waals surface area (Å²) in [6.07, 6.45) is 6.68. The van der Waals surface area contributed by atoms with Crippen LogP contribution < -0.4 is 9.80 Å². The molecule has 3 saturated heterocycles. The van der Waals surface area contributed by atoms with Crippen LogP contribution in [0.25, 0.3) is 0 Å². The Morgan fingerprint density at radius 1 is 0.759 bits per heavy atom. The van der Waals surface area contributed by atoms with Gasteiger partial charge in [-0.15, -0.1) is 0 Å². The number of quaternary nitrogens is 1. The molecule has 0 spiro atoms. The van der Waals surface area contributed by atoms with Crippen LogP contribution in [-0.4, -0.2) is 51.3 Å². The van der Waals surface area contributed by atoms with Gasteiger partial charge in [0.05, 0.1) is 19.6 Å². The summed E-state index contributed by atoms with van der Waals surface area (Å²) < 4.78 is 1.29. The van der Waals surface area contributed by atoms with E-state index >= 15 is 0 Å². The molecule has 2 bridgehead atoms. The fraction of sp³-hybridized carbons (Fsp3) is 0.538. The summed E-state index contributed by atoms with van der Waals surface area (Å²) in [6, 6.07) is 15.4. The fourth-order valence-electron chi connectivity index (χ4n) is 6.81. The van der Waals surface area contributed by atoms with E-state index in [4.69, 9.17) is 0 Å². The van der Waals surface area contributed by atoms with Crippen molar-refractivity contribution >= 4 is 11.4 Å². The summed E-state index contributed by atoms with van der Waals surface area (Å²) >= 11 is 0. The first-order valence-corrected chi connectivity index (χ1v) is 11.7. The Balaban J connectivity index is 1.47. The van der Waals surface area contributed by atoms with E-state index in [1.165, 1.54) is 67.6 Å². The molecule has 0 unspecified atom stereocenters. The average molecular weight is 389 g/mol. The number of likely N-dealkylation sites (N-methyl/N-ethyl adjacent to an activating group) is 2. The van der Waals surface area contributed by atoms with E-state index in [1.54, 1.807) is 22.3 Å². The van der Waals surface area contributed by atoms with Gasteiger partial charge in [-0.1, -0.05) is 12.1 Å². The Morgan fingerprint density at radius 3 is 1.72 bits per heavy atom. The van der Waals surface area contributed by atoms with Gasteiger partial charge >= 0.3 is 0 Å². The molecule has 0 N–H and O–H groups in total. The molecule has 2 aromatic rings. The Morgan fingerprint density at radius 2 is 1.24 bits per heavy atom. The summed E-state index contributed by atoms with van der Waals surface area (Å²) in [6.45, 7) is 6.42. The van der Waals surface area contributed by atoms with Gasteiger partial charge in [0, 0.05) is 49.7 Å². The molecule has 0 atom stereocenters. The Hall–Kier alpha value is -2.00. The SMILES string of the molecule is CN1CCc2cc(C(c3ccc4c(c3)CCN4C)[N+]34CCC(CC3)CC4)ccc21. The molecule has 3 nitrogen and oxygen atoms in total. The molecule has 3 fully saturated rings. The number of hydrogen-bond acceptors (Lipinski definition) is 2. The Labute approximate surface area is 175 Å². The van der Waals surface area contributed by atoms with Crippen LogP contribution in [0, 0.1) is 5.92 Å². The lowest BCUT2D eigenvalue weighted by atomic mass is 9.81.